The van der Waals surface area contributed by atoms with E-state index in [1.165, 1.54) is 17.8 Å². The molecule has 2 aromatic carbocycles. The van der Waals surface area contributed by atoms with E-state index < -0.39 is 6.10 Å². The van der Waals surface area contributed by atoms with Gasteiger partial charge >= 0.3 is 0 Å². The minimum Gasteiger partial charge on any atom is -0.496 e. The molecular weight excluding hydrogens is 311 g/mol. The standard InChI is InChI=1S/C16H16ClFO2S/c1-20-15-7-6-12(17)8-11(15)9-13(19)10-21-16-5-3-2-4-14(16)18/h2-8,13,19H,9-10H2,1H3. The largest absolute Gasteiger partial charge is 0.496 e. The fourth-order valence-corrected chi connectivity index (χ4v) is 3.03. The molecule has 2 nitrogen and oxygen atoms in total. The Morgan fingerprint density at radius 2 is 2.05 bits per heavy atom. The number of thioether (sulfide) groups is 1. The highest BCUT2D eigenvalue weighted by Crippen LogP contribution is 2.26. The van der Waals surface area contributed by atoms with Gasteiger partial charge in [-0.3, -0.25) is 0 Å². The van der Waals surface area contributed by atoms with Crippen LogP contribution >= 0.6 is 23.4 Å². The second kappa shape index (κ2) is 7.69. The highest BCUT2D eigenvalue weighted by molar-refractivity contribution is 7.99. The predicted octanol–water partition coefficient (Wildman–Crippen LogP) is 4.18. The Morgan fingerprint density at radius 1 is 1.29 bits per heavy atom. The van der Waals surface area contributed by atoms with E-state index in [2.05, 4.69) is 0 Å². The van der Waals surface area contributed by atoms with Gasteiger partial charge in [0, 0.05) is 22.1 Å². The van der Waals surface area contributed by atoms with Crippen LogP contribution in [0.1, 0.15) is 5.56 Å². The van der Waals surface area contributed by atoms with Crippen LogP contribution in [0.3, 0.4) is 0 Å². The van der Waals surface area contributed by atoms with Gasteiger partial charge in [-0.05, 0) is 35.9 Å². The maximum absolute atomic E-state index is 13.5. The van der Waals surface area contributed by atoms with Crippen molar-refractivity contribution >= 4 is 23.4 Å². The smallest absolute Gasteiger partial charge is 0.136 e. The first-order valence-corrected chi connectivity index (χ1v) is 7.84. The molecule has 0 saturated heterocycles. The average Bonchev–Trinajstić information content (AvgIpc) is 2.47. The number of hydrogen-bond acceptors (Lipinski definition) is 3. The maximum atomic E-state index is 13.5. The molecular formula is C16H16ClFO2S. The summed E-state index contributed by atoms with van der Waals surface area (Å²) in [6.07, 6.45) is -0.201. The fraction of sp³-hybridized carbons (Fsp3) is 0.250. The Hall–Kier alpha value is -1.23. The van der Waals surface area contributed by atoms with E-state index in [9.17, 15) is 9.50 Å². The molecule has 0 aliphatic carbocycles. The topological polar surface area (TPSA) is 29.5 Å². The van der Waals surface area contributed by atoms with Gasteiger partial charge in [0.1, 0.15) is 11.6 Å². The van der Waals surface area contributed by atoms with E-state index >= 15 is 0 Å². The zero-order chi connectivity index (χ0) is 15.2. The molecule has 0 fully saturated rings. The molecule has 1 unspecified atom stereocenters. The number of aliphatic hydroxyl groups is 1. The monoisotopic (exact) mass is 326 g/mol. The third-order valence-corrected chi connectivity index (χ3v) is 4.39. The number of hydrogen-bond donors (Lipinski definition) is 1. The first-order valence-electron chi connectivity index (χ1n) is 6.48. The lowest BCUT2D eigenvalue weighted by Crippen LogP contribution is -2.14. The van der Waals surface area contributed by atoms with Crippen LogP contribution in [0.4, 0.5) is 4.39 Å². The summed E-state index contributed by atoms with van der Waals surface area (Å²) in [6.45, 7) is 0. The second-order valence-corrected chi connectivity index (χ2v) is 6.05. The van der Waals surface area contributed by atoms with Crippen molar-refractivity contribution in [2.75, 3.05) is 12.9 Å². The van der Waals surface area contributed by atoms with Crippen molar-refractivity contribution < 1.29 is 14.2 Å². The van der Waals surface area contributed by atoms with Crippen LogP contribution in [0.2, 0.25) is 5.02 Å². The maximum Gasteiger partial charge on any atom is 0.136 e. The summed E-state index contributed by atoms with van der Waals surface area (Å²) in [4.78, 5) is 0.537. The van der Waals surface area contributed by atoms with Crippen LogP contribution in [0, 0.1) is 5.82 Å². The number of aliphatic hydroxyl groups excluding tert-OH is 1. The van der Waals surface area contributed by atoms with Crippen molar-refractivity contribution in [3.63, 3.8) is 0 Å². The molecule has 2 rings (SSSR count). The molecule has 112 valence electrons. The first kappa shape index (κ1) is 16.1. The molecule has 0 aliphatic heterocycles. The molecule has 0 spiro atoms. The molecule has 1 N–H and O–H groups in total. The summed E-state index contributed by atoms with van der Waals surface area (Å²) in [5.41, 5.74) is 0.839. The van der Waals surface area contributed by atoms with Crippen molar-refractivity contribution in [1.82, 2.24) is 0 Å². The molecule has 0 saturated carbocycles. The molecule has 0 aromatic heterocycles. The van der Waals surface area contributed by atoms with Gasteiger partial charge in [-0.1, -0.05) is 23.7 Å². The molecule has 0 aliphatic rings. The highest BCUT2D eigenvalue weighted by atomic mass is 35.5. The molecule has 0 amide bonds. The highest BCUT2D eigenvalue weighted by Gasteiger charge is 2.12. The van der Waals surface area contributed by atoms with E-state index in [1.807, 2.05) is 0 Å². The first-order chi connectivity index (χ1) is 10.1. The van der Waals surface area contributed by atoms with Gasteiger partial charge in [-0.2, -0.15) is 0 Å². The van der Waals surface area contributed by atoms with Crippen molar-refractivity contribution in [2.45, 2.75) is 17.4 Å². The van der Waals surface area contributed by atoms with Gasteiger partial charge in [0.05, 0.1) is 13.2 Å². The van der Waals surface area contributed by atoms with Gasteiger partial charge in [-0.25, -0.2) is 4.39 Å². The Kier molecular flexibility index (Phi) is 5.91. The number of ether oxygens (including phenoxy) is 1. The number of benzene rings is 2. The molecule has 21 heavy (non-hydrogen) atoms. The average molecular weight is 327 g/mol. The zero-order valence-electron chi connectivity index (χ0n) is 11.6. The Morgan fingerprint density at radius 3 is 2.76 bits per heavy atom. The summed E-state index contributed by atoms with van der Waals surface area (Å²) < 4.78 is 18.7. The summed E-state index contributed by atoms with van der Waals surface area (Å²) in [5.74, 6) is 0.820. The van der Waals surface area contributed by atoms with Crippen molar-refractivity contribution in [1.29, 1.82) is 0 Å². The molecule has 1 atom stereocenters. The van der Waals surface area contributed by atoms with Crippen LogP contribution < -0.4 is 4.74 Å². The number of methoxy groups -OCH3 is 1. The lowest BCUT2D eigenvalue weighted by molar-refractivity contribution is 0.198. The van der Waals surface area contributed by atoms with Crippen LogP contribution in [0.25, 0.3) is 0 Å². The zero-order valence-corrected chi connectivity index (χ0v) is 13.1. The summed E-state index contributed by atoms with van der Waals surface area (Å²) in [7, 11) is 1.58. The van der Waals surface area contributed by atoms with Crippen LogP contribution in [-0.2, 0) is 6.42 Å². The fourth-order valence-electron chi connectivity index (χ4n) is 1.97. The van der Waals surface area contributed by atoms with E-state index in [1.54, 1.807) is 43.5 Å². The molecule has 0 bridgehead atoms. The van der Waals surface area contributed by atoms with Gasteiger partial charge in [0.15, 0.2) is 0 Å². The lowest BCUT2D eigenvalue weighted by atomic mass is 10.1. The summed E-state index contributed by atoms with van der Waals surface area (Å²) >= 11 is 7.25. The van der Waals surface area contributed by atoms with Crippen LogP contribution in [0.5, 0.6) is 5.75 Å². The van der Waals surface area contributed by atoms with E-state index in [0.717, 1.165) is 5.56 Å². The normalized spacial score (nSPS) is 12.2. The second-order valence-electron chi connectivity index (χ2n) is 4.56. The Balaban J connectivity index is 1.97. The van der Waals surface area contributed by atoms with Crippen LogP contribution in [-0.4, -0.2) is 24.1 Å². The van der Waals surface area contributed by atoms with Crippen molar-refractivity contribution in [3.05, 3.63) is 58.9 Å². The molecule has 0 heterocycles. The molecule has 2 aromatic rings. The van der Waals surface area contributed by atoms with Crippen molar-refractivity contribution in [3.8, 4) is 5.75 Å². The SMILES string of the molecule is COc1ccc(Cl)cc1CC(O)CSc1ccccc1F. The predicted molar refractivity (Wildman–Crippen MR) is 84.8 cm³/mol. The molecule has 0 radical (unpaired) electrons. The van der Waals surface area contributed by atoms with E-state index in [0.29, 0.717) is 27.8 Å². The Labute approximate surface area is 132 Å². The Bertz CT molecular complexity index is 607. The van der Waals surface area contributed by atoms with Gasteiger partial charge < -0.3 is 9.84 Å². The summed E-state index contributed by atoms with van der Waals surface area (Å²) in [6, 6.07) is 11.8. The van der Waals surface area contributed by atoms with E-state index in [4.69, 9.17) is 16.3 Å². The van der Waals surface area contributed by atoms with Crippen molar-refractivity contribution in [2.24, 2.45) is 0 Å². The molecule has 5 heteroatoms. The quantitative estimate of drug-likeness (QED) is 0.807. The van der Waals surface area contributed by atoms with Gasteiger partial charge in [0.25, 0.3) is 0 Å². The minimum absolute atomic E-state index is 0.268. The minimum atomic E-state index is -0.609. The number of halogens is 2. The lowest BCUT2D eigenvalue weighted by Gasteiger charge is -2.14. The van der Waals surface area contributed by atoms with E-state index in [-0.39, 0.29) is 5.82 Å². The van der Waals surface area contributed by atoms with Crippen LogP contribution in [0.15, 0.2) is 47.4 Å². The van der Waals surface area contributed by atoms with Gasteiger partial charge in [0.2, 0.25) is 0 Å². The summed E-state index contributed by atoms with van der Waals surface area (Å²) in [5, 5.41) is 10.7. The number of rotatable bonds is 6. The third-order valence-electron chi connectivity index (χ3n) is 2.97. The third kappa shape index (κ3) is 4.63. The van der Waals surface area contributed by atoms with Gasteiger partial charge in [-0.15, -0.1) is 11.8 Å².